The molecule has 20 nitrogen and oxygen atoms in total. The van der Waals surface area contributed by atoms with Crippen LogP contribution in [0.2, 0.25) is 0 Å². The number of anilines is 4. The van der Waals surface area contributed by atoms with Gasteiger partial charge in [-0.3, -0.25) is 24.7 Å². The van der Waals surface area contributed by atoms with Gasteiger partial charge >= 0.3 is 0 Å². The number of amides is 1. The zero-order chi connectivity index (χ0) is 51.3. The lowest BCUT2D eigenvalue weighted by molar-refractivity contribution is -0.384. The number of morpholine rings is 2. The van der Waals surface area contributed by atoms with E-state index in [1.54, 1.807) is 18.3 Å². The third-order valence-electron chi connectivity index (χ3n) is 17.1. The molecule has 9 heterocycles. The summed E-state index contributed by atoms with van der Waals surface area (Å²) in [5, 5.41) is 17.2. The SMILES string of the molecule is CC(C)Oc1ccccc1[C@@H]1COCCN1C1CC2(CCN(c3ccc(C(N)=O)c(N4c5cc6cc[nH]c6nc5O[C@H]5COCC[C@@H]54)c3S(=O)(=O)c3cc4c(c([N+](=O)[O-])c3)N[C@H](CN3C[C@@H]5C[C@H]3CO5)CO4)CC2)C1. The van der Waals surface area contributed by atoms with E-state index < -0.39 is 38.5 Å². The number of rotatable bonds is 12. The van der Waals surface area contributed by atoms with Gasteiger partial charge in [0.1, 0.15) is 34.7 Å². The van der Waals surface area contributed by atoms with Crippen molar-refractivity contribution in [3.63, 3.8) is 0 Å². The Morgan fingerprint density at radius 3 is 2.59 bits per heavy atom. The molecule has 1 saturated carbocycles. The summed E-state index contributed by atoms with van der Waals surface area (Å²) in [6.07, 6.45) is 6.30. The topological polar surface area (TPSA) is 229 Å². The number of nitrogens with zero attached hydrogens (tertiary/aromatic N) is 6. The number of pyridine rings is 1. The van der Waals surface area contributed by atoms with Crippen molar-refractivity contribution < 1.29 is 46.6 Å². The minimum atomic E-state index is -4.79. The third-order valence-corrected chi connectivity index (χ3v) is 18.9. The van der Waals surface area contributed by atoms with Crippen molar-refractivity contribution >= 4 is 55.2 Å². The number of carbonyl (C=O) groups excluding carboxylic acids is 1. The first-order valence-corrected chi connectivity index (χ1v) is 27.9. The zero-order valence-electron chi connectivity index (χ0n) is 42.2. The van der Waals surface area contributed by atoms with Gasteiger partial charge in [0.25, 0.3) is 11.6 Å². The van der Waals surface area contributed by atoms with Gasteiger partial charge in [-0.05, 0) is 88.1 Å². The number of hydrogen-bond donors (Lipinski definition) is 3. The lowest BCUT2D eigenvalue weighted by atomic mass is 9.59. The first-order chi connectivity index (χ1) is 36.3. The van der Waals surface area contributed by atoms with Crippen LogP contribution in [0.4, 0.5) is 28.4 Å². The number of aromatic amines is 1. The maximum Gasteiger partial charge on any atom is 0.297 e. The Morgan fingerprint density at radius 1 is 0.987 bits per heavy atom. The Labute approximate surface area is 434 Å². The molecule has 1 aliphatic carbocycles. The molecule has 75 heavy (non-hydrogen) atoms. The van der Waals surface area contributed by atoms with Gasteiger partial charge in [0.05, 0.1) is 83.5 Å². The number of fused-ring (bicyclic) bond motifs is 6. The number of hydrogen-bond acceptors (Lipinski definition) is 17. The average Bonchev–Trinajstić information content (AvgIpc) is 4.18. The largest absolute Gasteiger partial charge is 0.491 e. The molecule has 2 bridgehead atoms. The predicted octanol–water partition coefficient (Wildman–Crippen LogP) is 6.35. The van der Waals surface area contributed by atoms with Crippen LogP contribution >= 0.6 is 0 Å². The second-order valence-electron chi connectivity index (χ2n) is 22.0. The van der Waals surface area contributed by atoms with Crippen molar-refractivity contribution in [1.82, 2.24) is 19.8 Å². The molecule has 4 N–H and O–H groups in total. The fourth-order valence-corrected chi connectivity index (χ4v) is 15.2. The predicted molar refractivity (Wildman–Crippen MR) is 277 cm³/mol. The van der Waals surface area contributed by atoms with Gasteiger partial charge in [0.2, 0.25) is 15.7 Å². The maximum absolute atomic E-state index is 16.2. The number of ether oxygens (including phenoxy) is 6. The highest BCUT2D eigenvalue weighted by molar-refractivity contribution is 7.91. The van der Waals surface area contributed by atoms with Gasteiger partial charge in [0.15, 0.2) is 11.4 Å². The average molecular weight is 1050 g/mol. The zero-order valence-corrected chi connectivity index (χ0v) is 43.0. The van der Waals surface area contributed by atoms with Crippen molar-refractivity contribution in [1.29, 1.82) is 0 Å². The first kappa shape index (κ1) is 48.4. The number of piperidine rings is 1. The highest BCUT2D eigenvalue weighted by atomic mass is 32.2. The number of H-pyrrole nitrogens is 1. The highest BCUT2D eigenvalue weighted by Crippen LogP contribution is 2.56. The van der Waals surface area contributed by atoms with Crippen LogP contribution in [0.1, 0.15) is 74.3 Å². The Hall–Kier alpha value is -6.23. The van der Waals surface area contributed by atoms with E-state index in [1.807, 2.05) is 43.0 Å². The number of nitrogens with two attached hydrogens (primary N) is 1. The van der Waals surface area contributed by atoms with Gasteiger partial charge in [-0.1, -0.05) is 18.2 Å². The standard InChI is InChI=1S/C54H63N9O11S/c1-31(2)73-45-6-4-3-5-38(45)44-29-70-18-16-61(44)35-23-54(24-35)11-14-59(15-12-54)41-8-7-39(51(55)64)49(62-40-10-17-69-30-47(40)74-53-43(62)19-32-9-13-56-52(32)58-53)50(41)75(67,68)37-21-42(63(65)66)48-46(22-37)72-27-33(57-48)25-60-26-36-20-34(60)28-71-36/h3-9,13,19,21-22,31,33-36,40,44,47,57H,10-12,14-18,20,23-30H2,1-2H3,(H2,55,64)(H,56,58)/t33-,34+,36+,40+,44+,47+/m1/s1. The summed E-state index contributed by atoms with van der Waals surface area (Å²) in [4.78, 5) is 42.8. The van der Waals surface area contributed by atoms with Crippen molar-refractivity contribution in [3.05, 3.63) is 88.1 Å². The molecule has 1 amide bonds. The molecule has 0 radical (unpaired) electrons. The second kappa shape index (κ2) is 18.8. The van der Waals surface area contributed by atoms with E-state index in [9.17, 15) is 14.9 Å². The second-order valence-corrected chi connectivity index (χ2v) is 23.9. The molecular formula is C54H63N9O11S. The normalized spacial score (nSPS) is 26.5. The molecule has 2 aromatic heterocycles. The van der Waals surface area contributed by atoms with Gasteiger partial charge in [-0.2, -0.15) is 4.98 Å². The van der Waals surface area contributed by atoms with Crippen LogP contribution < -0.4 is 35.1 Å². The number of primary amides is 1. The smallest absolute Gasteiger partial charge is 0.297 e. The van der Waals surface area contributed by atoms with Gasteiger partial charge in [-0.25, -0.2) is 8.42 Å². The number of likely N-dealkylation sites (tertiary alicyclic amines) is 1. The van der Waals surface area contributed by atoms with Crippen molar-refractivity contribution in [3.8, 4) is 17.4 Å². The summed E-state index contributed by atoms with van der Waals surface area (Å²) in [6, 6.07) is 17.6. The molecule has 6 atom stereocenters. The van der Waals surface area contributed by atoms with Gasteiger partial charge in [-0.15, -0.1) is 0 Å². The van der Waals surface area contributed by atoms with Gasteiger partial charge < -0.3 is 54.3 Å². The molecule has 13 rings (SSSR count). The number of benzene rings is 3. The van der Waals surface area contributed by atoms with E-state index in [1.165, 1.54) is 6.07 Å². The molecule has 21 heteroatoms. The molecule has 396 valence electrons. The summed E-state index contributed by atoms with van der Waals surface area (Å²) in [5.41, 5.74) is 8.58. The number of nitrogens with one attached hydrogen (secondary N) is 2. The van der Waals surface area contributed by atoms with Crippen LogP contribution in [0.3, 0.4) is 0 Å². The number of nitro groups is 1. The quantitative estimate of drug-likeness (QED) is 0.0914. The summed E-state index contributed by atoms with van der Waals surface area (Å²) in [6.45, 7) is 9.87. The minimum absolute atomic E-state index is 0.0303. The van der Waals surface area contributed by atoms with Crippen molar-refractivity contribution in [2.24, 2.45) is 11.1 Å². The van der Waals surface area contributed by atoms with Crippen LogP contribution in [0, 0.1) is 15.5 Å². The monoisotopic (exact) mass is 1050 g/mol. The van der Waals surface area contributed by atoms with Crippen molar-refractivity contribution in [2.45, 2.75) is 111 Å². The molecular weight excluding hydrogens is 983 g/mol. The summed E-state index contributed by atoms with van der Waals surface area (Å²) >= 11 is 0. The number of sulfone groups is 1. The molecule has 0 unspecified atom stereocenters. The number of aromatic nitrogens is 2. The van der Waals surface area contributed by atoms with E-state index in [-0.39, 0.29) is 87.3 Å². The fourth-order valence-electron chi connectivity index (χ4n) is 13.5. The molecule has 6 fully saturated rings. The van der Waals surface area contributed by atoms with Crippen molar-refractivity contribution in [2.75, 3.05) is 87.5 Å². The van der Waals surface area contributed by atoms with Crippen LogP contribution in [-0.4, -0.2) is 154 Å². The Kier molecular flexibility index (Phi) is 12.1. The maximum atomic E-state index is 16.2. The molecule has 7 aliphatic heterocycles. The Balaban J connectivity index is 0.880. The first-order valence-electron chi connectivity index (χ1n) is 26.5. The molecule has 1 spiro atoms. The van der Waals surface area contributed by atoms with E-state index >= 15 is 8.42 Å². The van der Waals surface area contributed by atoms with Gasteiger partial charge in [0, 0.05) is 80.7 Å². The lowest BCUT2D eigenvalue weighted by Gasteiger charge is -2.57. The molecule has 8 aliphatic rings. The molecule has 5 saturated heterocycles. The third kappa shape index (κ3) is 8.49. The molecule has 5 aromatic rings. The summed E-state index contributed by atoms with van der Waals surface area (Å²) in [5.74, 6) is 0.318. The lowest BCUT2D eigenvalue weighted by Crippen LogP contribution is -2.58. The summed E-state index contributed by atoms with van der Waals surface area (Å²) < 4.78 is 69.4. The number of nitro benzene ring substituents is 1. The Bertz CT molecular complexity index is 3170. The highest BCUT2D eigenvalue weighted by Gasteiger charge is 2.51. The van der Waals surface area contributed by atoms with E-state index in [4.69, 9.17) is 39.1 Å². The van der Waals surface area contributed by atoms with E-state index in [0.29, 0.717) is 75.5 Å². The number of para-hydroxylation sites is 1. The van der Waals surface area contributed by atoms with E-state index in [0.717, 1.165) is 68.0 Å². The molecule has 3 aromatic carbocycles. The van der Waals surface area contributed by atoms with Crippen LogP contribution in [-0.2, 0) is 24.0 Å². The van der Waals surface area contributed by atoms with Crippen LogP contribution in [0.25, 0.3) is 11.0 Å². The van der Waals surface area contributed by atoms with Crippen LogP contribution in [0.15, 0.2) is 76.7 Å². The van der Waals surface area contributed by atoms with Crippen LogP contribution in [0.5, 0.6) is 17.4 Å². The summed E-state index contributed by atoms with van der Waals surface area (Å²) in [7, 11) is -4.79. The Morgan fingerprint density at radius 2 is 1.81 bits per heavy atom. The number of carbonyl (C=O) groups is 1. The van der Waals surface area contributed by atoms with E-state index in [2.05, 4.69) is 37.1 Å². The minimum Gasteiger partial charge on any atom is -0.491 e. The fraction of sp³-hybridized carbons (Fsp3) is 0.519.